The number of fused-ring (bicyclic) bond motifs is 3. The zero-order chi connectivity index (χ0) is 15.8. The Morgan fingerprint density at radius 3 is 2.75 bits per heavy atom. The molecule has 0 unspecified atom stereocenters. The van der Waals surface area contributed by atoms with Crippen LogP contribution in [0.25, 0.3) is 22.1 Å². The van der Waals surface area contributed by atoms with E-state index >= 15 is 0 Å². The Morgan fingerprint density at radius 2 is 1.92 bits per heavy atom. The lowest BCUT2D eigenvalue weighted by atomic mass is 10.2. The van der Waals surface area contributed by atoms with Crippen molar-refractivity contribution < 1.29 is 9.15 Å². The SMILES string of the molecule is COc1ccc(C)cc1Nc1ncnc2c1oc1ccccc12.Cl. The number of aryl methyl sites for hydroxylation is 1. The number of methoxy groups -OCH3 is 1. The summed E-state index contributed by atoms with van der Waals surface area (Å²) in [5.41, 5.74) is 4.19. The van der Waals surface area contributed by atoms with Gasteiger partial charge in [0.05, 0.1) is 12.8 Å². The molecule has 2 aromatic heterocycles. The van der Waals surface area contributed by atoms with Crippen molar-refractivity contribution in [1.82, 2.24) is 9.97 Å². The number of nitrogens with zero attached hydrogens (tertiary/aromatic N) is 2. The summed E-state index contributed by atoms with van der Waals surface area (Å²) in [4.78, 5) is 8.69. The van der Waals surface area contributed by atoms with E-state index in [2.05, 4.69) is 15.3 Å². The Kier molecular flexibility index (Phi) is 4.27. The van der Waals surface area contributed by atoms with Gasteiger partial charge in [-0.2, -0.15) is 0 Å². The van der Waals surface area contributed by atoms with E-state index in [-0.39, 0.29) is 12.4 Å². The minimum Gasteiger partial charge on any atom is -0.495 e. The molecule has 2 aromatic carbocycles. The number of hydrogen-bond donors (Lipinski definition) is 1. The molecule has 0 atom stereocenters. The van der Waals surface area contributed by atoms with Crippen molar-refractivity contribution in [3.63, 3.8) is 0 Å². The van der Waals surface area contributed by atoms with Gasteiger partial charge in [0.1, 0.15) is 23.2 Å². The van der Waals surface area contributed by atoms with Crippen LogP contribution in [-0.2, 0) is 0 Å². The van der Waals surface area contributed by atoms with Crippen molar-refractivity contribution in [3.8, 4) is 5.75 Å². The van der Waals surface area contributed by atoms with Crippen LogP contribution in [0.2, 0.25) is 0 Å². The molecule has 6 heteroatoms. The maximum atomic E-state index is 5.93. The number of para-hydroxylation sites is 1. The van der Waals surface area contributed by atoms with Crippen molar-refractivity contribution in [2.45, 2.75) is 6.92 Å². The Labute approximate surface area is 145 Å². The first-order valence-electron chi connectivity index (χ1n) is 7.30. The highest BCUT2D eigenvalue weighted by Crippen LogP contribution is 2.34. The number of halogens is 1. The van der Waals surface area contributed by atoms with Crippen molar-refractivity contribution in [1.29, 1.82) is 0 Å². The van der Waals surface area contributed by atoms with Crippen LogP contribution in [0.15, 0.2) is 53.2 Å². The van der Waals surface area contributed by atoms with E-state index in [0.717, 1.165) is 33.5 Å². The molecule has 5 nitrogen and oxygen atoms in total. The first kappa shape index (κ1) is 16.1. The Balaban J connectivity index is 0.00000169. The fourth-order valence-electron chi connectivity index (χ4n) is 2.66. The molecular weight excluding hydrogens is 326 g/mol. The second-order valence-corrected chi connectivity index (χ2v) is 5.33. The molecule has 24 heavy (non-hydrogen) atoms. The van der Waals surface area contributed by atoms with Gasteiger partial charge in [-0.25, -0.2) is 9.97 Å². The van der Waals surface area contributed by atoms with Gasteiger partial charge >= 0.3 is 0 Å². The van der Waals surface area contributed by atoms with Gasteiger partial charge in [0.15, 0.2) is 11.4 Å². The Bertz CT molecular complexity index is 1010. The molecule has 2 heterocycles. The Hall–Kier alpha value is -2.79. The number of aromatic nitrogens is 2. The molecule has 0 radical (unpaired) electrons. The minimum absolute atomic E-state index is 0. The summed E-state index contributed by atoms with van der Waals surface area (Å²) in [5.74, 6) is 1.37. The maximum Gasteiger partial charge on any atom is 0.196 e. The third-order valence-electron chi connectivity index (χ3n) is 3.77. The fourth-order valence-corrected chi connectivity index (χ4v) is 2.66. The lowest BCUT2D eigenvalue weighted by molar-refractivity contribution is 0.416. The molecule has 0 spiro atoms. The van der Waals surface area contributed by atoms with Crippen LogP contribution in [0.5, 0.6) is 5.75 Å². The third-order valence-corrected chi connectivity index (χ3v) is 3.77. The van der Waals surface area contributed by atoms with Crippen molar-refractivity contribution in [3.05, 3.63) is 54.4 Å². The molecule has 0 bridgehead atoms. The number of furan rings is 1. The maximum absolute atomic E-state index is 5.93. The molecule has 0 aliphatic carbocycles. The summed E-state index contributed by atoms with van der Waals surface area (Å²) >= 11 is 0. The number of benzene rings is 2. The van der Waals surface area contributed by atoms with Crippen LogP contribution in [0.3, 0.4) is 0 Å². The molecule has 0 saturated heterocycles. The summed E-state index contributed by atoms with van der Waals surface area (Å²) in [7, 11) is 1.65. The molecule has 0 aliphatic rings. The van der Waals surface area contributed by atoms with Crippen molar-refractivity contribution in [2.24, 2.45) is 0 Å². The second-order valence-electron chi connectivity index (χ2n) is 5.33. The van der Waals surface area contributed by atoms with E-state index < -0.39 is 0 Å². The van der Waals surface area contributed by atoms with Gasteiger partial charge in [-0.05, 0) is 36.8 Å². The molecule has 0 aliphatic heterocycles. The quantitative estimate of drug-likeness (QED) is 0.576. The second kappa shape index (κ2) is 6.37. The largest absolute Gasteiger partial charge is 0.495 e. The van der Waals surface area contributed by atoms with Gasteiger partial charge in [-0.1, -0.05) is 18.2 Å². The van der Waals surface area contributed by atoms with Crippen LogP contribution in [-0.4, -0.2) is 17.1 Å². The summed E-state index contributed by atoms with van der Waals surface area (Å²) in [6.45, 7) is 2.03. The smallest absolute Gasteiger partial charge is 0.196 e. The molecule has 0 amide bonds. The first-order chi connectivity index (χ1) is 11.3. The topological polar surface area (TPSA) is 60.2 Å². The van der Waals surface area contributed by atoms with Crippen molar-refractivity contribution in [2.75, 3.05) is 12.4 Å². The average Bonchev–Trinajstić information content (AvgIpc) is 2.95. The van der Waals surface area contributed by atoms with E-state index in [0.29, 0.717) is 11.4 Å². The monoisotopic (exact) mass is 341 g/mol. The van der Waals surface area contributed by atoms with Crippen LogP contribution in [0, 0.1) is 6.92 Å². The van der Waals surface area contributed by atoms with Crippen molar-refractivity contribution >= 4 is 46.0 Å². The zero-order valence-corrected chi connectivity index (χ0v) is 14.1. The minimum atomic E-state index is 0. The molecule has 4 aromatic rings. The predicted octanol–water partition coefficient (Wildman–Crippen LogP) is 4.86. The van der Waals surface area contributed by atoms with E-state index in [1.807, 2.05) is 49.4 Å². The summed E-state index contributed by atoms with van der Waals surface area (Å²) < 4.78 is 11.3. The molecule has 0 fully saturated rings. The fraction of sp³-hybridized carbons (Fsp3) is 0.111. The highest BCUT2D eigenvalue weighted by Gasteiger charge is 2.14. The molecular formula is C18H16ClN3O2. The van der Waals surface area contributed by atoms with Gasteiger partial charge in [0.25, 0.3) is 0 Å². The van der Waals surface area contributed by atoms with Crippen LogP contribution in [0.1, 0.15) is 5.56 Å². The normalized spacial score (nSPS) is 10.6. The number of nitrogens with one attached hydrogen (secondary N) is 1. The number of rotatable bonds is 3. The Morgan fingerprint density at radius 1 is 1.08 bits per heavy atom. The van der Waals surface area contributed by atoms with Crippen LogP contribution >= 0.6 is 12.4 Å². The summed E-state index contributed by atoms with van der Waals surface area (Å²) in [6, 6.07) is 13.8. The van der Waals surface area contributed by atoms with Gasteiger partial charge in [-0.15, -0.1) is 12.4 Å². The molecule has 0 saturated carbocycles. The molecule has 1 N–H and O–H groups in total. The number of anilines is 2. The standard InChI is InChI=1S/C18H15N3O2.ClH/c1-11-7-8-15(22-2)13(9-11)21-18-17-16(19-10-20-18)12-5-3-4-6-14(12)23-17;/h3-10H,1-2H3,(H,19,20,21);1H. The lowest BCUT2D eigenvalue weighted by Crippen LogP contribution is -1.98. The van der Waals surface area contributed by atoms with Gasteiger partial charge < -0.3 is 14.5 Å². The van der Waals surface area contributed by atoms with E-state index in [1.165, 1.54) is 6.33 Å². The van der Waals surface area contributed by atoms with Crippen LogP contribution in [0.4, 0.5) is 11.5 Å². The van der Waals surface area contributed by atoms with E-state index in [4.69, 9.17) is 9.15 Å². The summed E-state index contributed by atoms with van der Waals surface area (Å²) in [5, 5.41) is 4.27. The van der Waals surface area contributed by atoms with Gasteiger partial charge in [-0.3, -0.25) is 0 Å². The van der Waals surface area contributed by atoms with Gasteiger partial charge in [0, 0.05) is 5.39 Å². The van der Waals surface area contributed by atoms with E-state index in [1.54, 1.807) is 7.11 Å². The third kappa shape index (κ3) is 2.63. The van der Waals surface area contributed by atoms with E-state index in [9.17, 15) is 0 Å². The van der Waals surface area contributed by atoms with Crippen LogP contribution < -0.4 is 10.1 Å². The number of ether oxygens (including phenoxy) is 1. The first-order valence-corrected chi connectivity index (χ1v) is 7.30. The highest BCUT2D eigenvalue weighted by atomic mass is 35.5. The average molecular weight is 342 g/mol. The molecule has 122 valence electrons. The number of hydrogen-bond acceptors (Lipinski definition) is 5. The molecule has 4 rings (SSSR count). The zero-order valence-electron chi connectivity index (χ0n) is 13.2. The van der Waals surface area contributed by atoms with Gasteiger partial charge in [0.2, 0.25) is 0 Å². The lowest BCUT2D eigenvalue weighted by Gasteiger charge is -2.11. The highest BCUT2D eigenvalue weighted by molar-refractivity contribution is 6.05. The summed E-state index contributed by atoms with van der Waals surface area (Å²) in [6.07, 6.45) is 1.54. The predicted molar refractivity (Wildman–Crippen MR) is 97.6 cm³/mol.